The van der Waals surface area contributed by atoms with Crippen LogP contribution in [0.1, 0.15) is 32.3 Å². The summed E-state index contributed by atoms with van der Waals surface area (Å²) < 4.78 is 6.61. The zero-order valence-corrected chi connectivity index (χ0v) is 13.7. The Hall–Kier alpha value is -0.540. The summed E-state index contributed by atoms with van der Waals surface area (Å²) in [5, 5.41) is 3.65. The number of ether oxygens (including phenoxy) is 1. The van der Waals surface area contributed by atoms with Crippen molar-refractivity contribution in [1.29, 1.82) is 0 Å². The van der Waals surface area contributed by atoms with Crippen LogP contribution >= 0.6 is 15.9 Å². The van der Waals surface area contributed by atoms with Gasteiger partial charge in [0.2, 0.25) is 0 Å². The predicted molar refractivity (Wildman–Crippen MR) is 83.8 cm³/mol. The molecule has 0 radical (unpaired) electrons. The van der Waals surface area contributed by atoms with Gasteiger partial charge in [0, 0.05) is 10.5 Å². The molecule has 0 saturated heterocycles. The number of rotatable bonds is 7. The lowest BCUT2D eigenvalue weighted by atomic mass is 9.91. The molecule has 0 spiro atoms. The zero-order chi connectivity index (χ0) is 13.8. The molecule has 1 fully saturated rings. The van der Waals surface area contributed by atoms with Crippen LogP contribution in [0.5, 0.6) is 5.75 Å². The lowest BCUT2D eigenvalue weighted by Gasteiger charge is -2.25. The van der Waals surface area contributed by atoms with E-state index in [9.17, 15) is 0 Å². The minimum absolute atomic E-state index is 0.542. The molecule has 2 atom stereocenters. The van der Waals surface area contributed by atoms with Gasteiger partial charge in [-0.25, -0.2) is 0 Å². The smallest absolute Gasteiger partial charge is 0.122 e. The molecule has 106 valence electrons. The molecule has 0 aromatic heterocycles. The minimum Gasteiger partial charge on any atom is -0.496 e. The lowest BCUT2D eigenvalue weighted by Crippen LogP contribution is -2.37. The summed E-state index contributed by atoms with van der Waals surface area (Å²) in [6.45, 7) is 5.60. The van der Waals surface area contributed by atoms with E-state index < -0.39 is 0 Å². The largest absolute Gasteiger partial charge is 0.496 e. The van der Waals surface area contributed by atoms with E-state index in [4.69, 9.17) is 4.74 Å². The summed E-state index contributed by atoms with van der Waals surface area (Å²) in [6, 6.07) is 6.81. The van der Waals surface area contributed by atoms with Crippen molar-refractivity contribution < 1.29 is 4.74 Å². The van der Waals surface area contributed by atoms with E-state index in [2.05, 4.69) is 41.2 Å². The molecule has 0 amide bonds. The van der Waals surface area contributed by atoms with Gasteiger partial charge in [0.25, 0.3) is 0 Å². The first-order valence-corrected chi connectivity index (χ1v) is 8.00. The van der Waals surface area contributed by atoms with Crippen molar-refractivity contribution in [3.8, 4) is 5.75 Å². The monoisotopic (exact) mass is 325 g/mol. The second kappa shape index (κ2) is 6.76. The Balaban J connectivity index is 2.13. The van der Waals surface area contributed by atoms with E-state index in [1.807, 2.05) is 12.1 Å². The molecule has 0 aliphatic heterocycles. The topological polar surface area (TPSA) is 21.3 Å². The second-order valence-corrected chi connectivity index (χ2v) is 6.44. The van der Waals surface area contributed by atoms with Gasteiger partial charge in [-0.05, 0) is 61.4 Å². The number of halogens is 1. The zero-order valence-electron chi connectivity index (χ0n) is 12.1. The summed E-state index contributed by atoms with van der Waals surface area (Å²) in [5.74, 6) is 2.65. The first-order chi connectivity index (χ1) is 9.15. The van der Waals surface area contributed by atoms with Crippen LogP contribution in [0.25, 0.3) is 0 Å². The highest BCUT2D eigenvalue weighted by Crippen LogP contribution is 2.39. The number of methoxy groups -OCH3 is 1. The van der Waals surface area contributed by atoms with Gasteiger partial charge in [0.1, 0.15) is 5.75 Å². The molecule has 1 aliphatic rings. The van der Waals surface area contributed by atoms with Crippen LogP contribution in [0.4, 0.5) is 0 Å². The van der Waals surface area contributed by atoms with E-state index in [0.29, 0.717) is 6.04 Å². The van der Waals surface area contributed by atoms with Crippen LogP contribution < -0.4 is 10.1 Å². The first-order valence-electron chi connectivity index (χ1n) is 7.21. The van der Waals surface area contributed by atoms with Gasteiger partial charge in [0.15, 0.2) is 0 Å². The molecule has 1 N–H and O–H groups in total. The van der Waals surface area contributed by atoms with Gasteiger partial charge in [-0.15, -0.1) is 0 Å². The Kier molecular flexibility index (Phi) is 5.28. The molecule has 2 unspecified atom stereocenters. The van der Waals surface area contributed by atoms with Gasteiger partial charge in [-0.1, -0.05) is 29.8 Å². The number of nitrogens with one attached hydrogen (secondary N) is 1. The third-order valence-corrected chi connectivity index (χ3v) is 4.64. The van der Waals surface area contributed by atoms with Crippen LogP contribution in [-0.2, 0) is 6.42 Å². The summed E-state index contributed by atoms with van der Waals surface area (Å²) in [6.07, 6.45) is 3.84. The highest BCUT2D eigenvalue weighted by molar-refractivity contribution is 9.10. The van der Waals surface area contributed by atoms with Crippen LogP contribution in [0, 0.1) is 11.8 Å². The molecule has 19 heavy (non-hydrogen) atoms. The third kappa shape index (κ3) is 3.96. The number of hydrogen-bond donors (Lipinski definition) is 1. The summed E-state index contributed by atoms with van der Waals surface area (Å²) >= 11 is 3.56. The van der Waals surface area contributed by atoms with Crippen LogP contribution in [0.15, 0.2) is 22.7 Å². The van der Waals surface area contributed by atoms with Crippen LogP contribution in [0.2, 0.25) is 0 Å². The second-order valence-electron chi connectivity index (χ2n) is 5.52. The van der Waals surface area contributed by atoms with Gasteiger partial charge in [0.05, 0.1) is 7.11 Å². The molecule has 0 heterocycles. The Morgan fingerprint density at radius 1 is 1.42 bits per heavy atom. The van der Waals surface area contributed by atoms with Crippen molar-refractivity contribution in [3.05, 3.63) is 28.2 Å². The summed E-state index contributed by atoms with van der Waals surface area (Å²) in [5.41, 5.74) is 1.29. The fourth-order valence-corrected chi connectivity index (χ4v) is 3.21. The third-order valence-electron chi connectivity index (χ3n) is 4.15. The quantitative estimate of drug-likeness (QED) is 0.817. The van der Waals surface area contributed by atoms with Crippen LogP contribution in [-0.4, -0.2) is 19.7 Å². The van der Waals surface area contributed by atoms with Gasteiger partial charge >= 0.3 is 0 Å². The molecule has 1 saturated carbocycles. The van der Waals surface area contributed by atoms with Crippen molar-refractivity contribution >= 4 is 15.9 Å². The Morgan fingerprint density at radius 2 is 2.16 bits per heavy atom. The predicted octanol–water partition coefficient (Wildman–Crippen LogP) is 4.02. The summed E-state index contributed by atoms with van der Waals surface area (Å²) in [7, 11) is 1.75. The Bertz CT molecular complexity index is 417. The molecule has 0 bridgehead atoms. The maximum Gasteiger partial charge on any atom is 0.122 e. The van der Waals surface area contributed by atoms with Crippen molar-refractivity contribution in [2.75, 3.05) is 13.7 Å². The lowest BCUT2D eigenvalue weighted by molar-refractivity contribution is 0.338. The van der Waals surface area contributed by atoms with Crippen LogP contribution in [0.3, 0.4) is 0 Å². The average molecular weight is 326 g/mol. The standard InChI is InChI=1S/C16H24BrNO/c1-4-18-15(11(2)12-5-6-12)10-13-9-14(17)7-8-16(13)19-3/h7-9,11-12,15,18H,4-6,10H2,1-3H3. The fraction of sp³-hybridized carbons (Fsp3) is 0.625. The van der Waals surface area contributed by atoms with E-state index in [1.54, 1.807) is 7.11 Å². The molecule has 1 aliphatic carbocycles. The molecule has 3 heteroatoms. The average Bonchev–Trinajstić information content (AvgIpc) is 3.22. The van der Waals surface area contributed by atoms with Crippen molar-refractivity contribution in [1.82, 2.24) is 5.32 Å². The number of likely N-dealkylation sites (N-methyl/N-ethyl adjacent to an activating group) is 1. The molecule has 1 aromatic carbocycles. The first kappa shape index (κ1) is 14.9. The Morgan fingerprint density at radius 3 is 2.74 bits per heavy atom. The molecule has 2 rings (SSSR count). The SMILES string of the molecule is CCNC(Cc1cc(Br)ccc1OC)C(C)C1CC1. The highest BCUT2D eigenvalue weighted by Gasteiger charge is 2.33. The number of benzene rings is 1. The maximum atomic E-state index is 5.49. The number of hydrogen-bond acceptors (Lipinski definition) is 2. The van der Waals surface area contributed by atoms with E-state index in [1.165, 1.54) is 18.4 Å². The fourth-order valence-electron chi connectivity index (χ4n) is 2.80. The van der Waals surface area contributed by atoms with Crippen molar-refractivity contribution in [2.24, 2.45) is 11.8 Å². The van der Waals surface area contributed by atoms with E-state index in [-0.39, 0.29) is 0 Å². The van der Waals surface area contributed by atoms with E-state index >= 15 is 0 Å². The molecular formula is C16H24BrNO. The summed E-state index contributed by atoms with van der Waals surface area (Å²) in [4.78, 5) is 0. The Labute approximate surface area is 125 Å². The highest BCUT2D eigenvalue weighted by atomic mass is 79.9. The van der Waals surface area contributed by atoms with Gasteiger partial charge < -0.3 is 10.1 Å². The maximum absolute atomic E-state index is 5.49. The normalized spacial score (nSPS) is 18.1. The van der Waals surface area contributed by atoms with Crippen molar-refractivity contribution in [2.45, 2.75) is 39.2 Å². The molecular weight excluding hydrogens is 302 g/mol. The molecule has 2 nitrogen and oxygen atoms in total. The van der Waals surface area contributed by atoms with Gasteiger partial charge in [-0.3, -0.25) is 0 Å². The molecule has 1 aromatic rings. The van der Waals surface area contributed by atoms with Gasteiger partial charge in [-0.2, -0.15) is 0 Å². The minimum atomic E-state index is 0.542. The van der Waals surface area contributed by atoms with E-state index in [0.717, 1.165) is 35.0 Å². The van der Waals surface area contributed by atoms with Crippen molar-refractivity contribution in [3.63, 3.8) is 0 Å².